The minimum absolute atomic E-state index is 0.000965. The van der Waals surface area contributed by atoms with Gasteiger partial charge in [0.2, 0.25) is 5.91 Å². The topological polar surface area (TPSA) is 135 Å². The van der Waals surface area contributed by atoms with Crippen LogP contribution in [0.3, 0.4) is 0 Å². The summed E-state index contributed by atoms with van der Waals surface area (Å²) >= 11 is 3.71. The van der Waals surface area contributed by atoms with Crippen LogP contribution in [0.15, 0.2) is 83.6 Å². The summed E-state index contributed by atoms with van der Waals surface area (Å²) in [7, 11) is 0. The van der Waals surface area contributed by atoms with E-state index in [9.17, 15) is 10.1 Å². The first-order chi connectivity index (χ1) is 20.4. The van der Waals surface area contributed by atoms with E-state index in [1.54, 1.807) is 18.3 Å². The third kappa shape index (κ3) is 5.56. The van der Waals surface area contributed by atoms with Crippen LogP contribution >= 0.6 is 15.9 Å². The highest BCUT2D eigenvalue weighted by atomic mass is 79.9. The molecular weight excluding hydrogens is 592 g/mol. The van der Waals surface area contributed by atoms with Gasteiger partial charge in [0.05, 0.1) is 41.1 Å². The van der Waals surface area contributed by atoms with E-state index in [-0.39, 0.29) is 6.04 Å². The number of hydrogen-bond acceptors (Lipinski definition) is 7. The zero-order valence-electron chi connectivity index (χ0n) is 23.0. The van der Waals surface area contributed by atoms with Crippen LogP contribution in [0.25, 0.3) is 10.9 Å². The average Bonchev–Trinajstić information content (AvgIpc) is 3.75. The predicted octanol–water partition coefficient (Wildman–Crippen LogP) is 6.66. The summed E-state index contributed by atoms with van der Waals surface area (Å²) in [6.45, 7) is 2.11. The van der Waals surface area contributed by atoms with Crippen molar-refractivity contribution in [1.82, 2.24) is 20.0 Å². The van der Waals surface area contributed by atoms with Crippen molar-refractivity contribution in [2.24, 2.45) is 5.73 Å². The minimum atomic E-state index is -0.500. The third-order valence-electron chi connectivity index (χ3n) is 7.53. The first-order valence-electron chi connectivity index (χ1n) is 13.9. The molecule has 0 bridgehead atoms. The van der Waals surface area contributed by atoms with Crippen LogP contribution in [-0.4, -0.2) is 25.9 Å². The van der Waals surface area contributed by atoms with Crippen LogP contribution in [0.5, 0.6) is 0 Å². The zero-order chi connectivity index (χ0) is 29.2. The molecule has 210 valence electrons. The Morgan fingerprint density at radius 1 is 1.12 bits per heavy atom. The van der Waals surface area contributed by atoms with Crippen molar-refractivity contribution in [3.63, 3.8) is 0 Å². The third-order valence-corrected chi connectivity index (χ3v) is 8.14. The number of nitriles is 1. The van der Waals surface area contributed by atoms with Gasteiger partial charge < -0.3 is 16.4 Å². The Morgan fingerprint density at radius 2 is 1.90 bits per heavy atom. The van der Waals surface area contributed by atoms with E-state index >= 15 is 0 Å². The molecule has 6 rings (SSSR count). The average molecular weight is 622 g/mol. The van der Waals surface area contributed by atoms with Gasteiger partial charge in [-0.15, -0.1) is 5.10 Å². The van der Waals surface area contributed by atoms with Gasteiger partial charge in [0, 0.05) is 27.3 Å². The molecule has 9 nitrogen and oxygen atoms in total. The van der Waals surface area contributed by atoms with Crippen molar-refractivity contribution in [3.8, 4) is 6.07 Å². The molecular formula is C32H29BrN8O. The van der Waals surface area contributed by atoms with E-state index in [4.69, 9.17) is 5.73 Å². The molecule has 42 heavy (non-hydrogen) atoms. The zero-order valence-corrected chi connectivity index (χ0v) is 24.5. The fourth-order valence-corrected chi connectivity index (χ4v) is 5.73. The molecule has 4 N–H and O–H groups in total. The number of benzene rings is 3. The second-order valence-corrected chi connectivity index (χ2v) is 11.3. The highest BCUT2D eigenvalue weighted by molar-refractivity contribution is 9.10. The highest BCUT2D eigenvalue weighted by Gasteiger charge is 2.27. The molecule has 0 radical (unpaired) electrons. The second-order valence-electron chi connectivity index (χ2n) is 10.5. The van der Waals surface area contributed by atoms with Crippen LogP contribution in [0.2, 0.25) is 0 Å². The Bertz CT molecular complexity index is 1810. The van der Waals surface area contributed by atoms with Gasteiger partial charge >= 0.3 is 0 Å². The molecule has 1 saturated carbocycles. The lowest BCUT2D eigenvalue weighted by atomic mass is 10.00. The summed E-state index contributed by atoms with van der Waals surface area (Å²) in [6, 6.07) is 23.6. The lowest BCUT2D eigenvalue weighted by molar-refractivity contribution is 0.1000. The summed E-state index contributed by atoms with van der Waals surface area (Å²) in [4.78, 5) is 16.6. The summed E-state index contributed by atoms with van der Waals surface area (Å²) in [5, 5.41) is 26.9. The number of rotatable bonds is 10. The molecule has 10 heteroatoms. The van der Waals surface area contributed by atoms with Gasteiger partial charge in [-0.05, 0) is 70.6 Å². The van der Waals surface area contributed by atoms with Crippen molar-refractivity contribution in [3.05, 3.63) is 112 Å². The van der Waals surface area contributed by atoms with Crippen LogP contribution in [0.4, 0.5) is 11.4 Å². The maximum atomic E-state index is 12.0. The number of nitrogens with one attached hydrogen (secondary N) is 2. The summed E-state index contributed by atoms with van der Waals surface area (Å²) in [5.74, 6) is -0.500. The number of carbonyl (C=O) groups excluding carboxylic acids is 1. The van der Waals surface area contributed by atoms with Crippen molar-refractivity contribution in [1.29, 1.82) is 5.26 Å². The molecule has 1 aliphatic rings. The predicted molar refractivity (Wildman–Crippen MR) is 166 cm³/mol. The molecule has 2 unspecified atom stereocenters. The summed E-state index contributed by atoms with van der Waals surface area (Å²) in [5.41, 5.74) is 11.4. The number of pyridine rings is 1. The SMILES string of the molecule is CCC(Nc1c(C#N)cnc2c(Br)cc(NC(c3cccc(C(N)=O)c3)c3cn(C4CC4)nn3)cc12)c1ccccc1. The molecule has 1 fully saturated rings. The second kappa shape index (κ2) is 11.6. The van der Waals surface area contributed by atoms with Gasteiger partial charge in [0.15, 0.2) is 0 Å². The Hall–Kier alpha value is -4.75. The van der Waals surface area contributed by atoms with Crippen molar-refractivity contribution < 1.29 is 4.79 Å². The lowest BCUT2D eigenvalue weighted by Crippen LogP contribution is -2.16. The lowest BCUT2D eigenvalue weighted by Gasteiger charge is -2.23. The van der Waals surface area contributed by atoms with Gasteiger partial charge in [-0.1, -0.05) is 54.6 Å². The maximum absolute atomic E-state index is 12.0. The van der Waals surface area contributed by atoms with Crippen molar-refractivity contribution >= 4 is 44.1 Å². The van der Waals surface area contributed by atoms with Crippen molar-refractivity contribution in [2.45, 2.75) is 44.3 Å². The first-order valence-corrected chi connectivity index (χ1v) is 14.7. The van der Waals surface area contributed by atoms with Gasteiger partial charge in [-0.3, -0.25) is 9.78 Å². The largest absolute Gasteiger partial charge is 0.377 e. The van der Waals surface area contributed by atoms with E-state index in [1.807, 2.05) is 53.3 Å². The van der Waals surface area contributed by atoms with Crippen LogP contribution in [0, 0.1) is 11.3 Å². The Labute approximate surface area is 251 Å². The van der Waals surface area contributed by atoms with Gasteiger partial charge in [-0.25, -0.2) is 4.68 Å². The fraction of sp³-hybridized carbons (Fsp3) is 0.219. The Balaban J connectivity index is 1.44. The van der Waals surface area contributed by atoms with E-state index in [1.165, 1.54) is 0 Å². The van der Waals surface area contributed by atoms with E-state index in [0.717, 1.165) is 62.8 Å². The smallest absolute Gasteiger partial charge is 0.248 e. The number of primary amides is 1. The Kier molecular flexibility index (Phi) is 7.59. The van der Waals surface area contributed by atoms with E-state index < -0.39 is 11.9 Å². The molecule has 5 aromatic rings. The monoisotopic (exact) mass is 620 g/mol. The molecule has 0 spiro atoms. The molecule has 0 saturated heterocycles. The molecule has 1 aliphatic carbocycles. The number of amides is 1. The van der Waals surface area contributed by atoms with Crippen LogP contribution in [-0.2, 0) is 0 Å². The number of fused-ring (bicyclic) bond motifs is 1. The Morgan fingerprint density at radius 3 is 2.62 bits per heavy atom. The van der Waals surface area contributed by atoms with Crippen molar-refractivity contribution in [2.75, 3.05) is 10.6 Å². The quantitative estimate of drug-likeness (QED) is 0.159. The number of nitrogens with zero attached hydrogens (tertiary/aromatic N) is 5. The number of carbonyl (C=O) groups is 1. The summed E-state index contributed by atoms with van der Waals surface area (Å²) in [6.07, 6.45) is 6.56. The number of anilines is 2. The van der Waals surface area contributed by atoms with E-state index in [2.05, 4.69) is 67.0 Å². The van der Waals surface area contributed by atoms with E-state index in [0.29, 0.717) is 17.2 Å². The molecule has 3 aromatic carbocycles. The van der Waals surface area contributed by atoms with Gasteiger partial charge in [0.25, 0.3) is 0 Å². The maximum Gasteiger partial charge on any atom is 0.248 e. The van der Waals surface area contributed by atoms with Gasteiger partial charge in [-0.2, -0.15) is 5.26 Å². The fourth-order valence-electron chi connectivity index (χ4n) is 5.17. The minimum Gasteiger partial charge on any atom is -0.377 e. The first kappa shape index (κ1) is 27.4. The highest BCUT2D eigenvalue weighted by Crippen LogP contribution is 2.38. The molecule has 2 aromatic heterocycles. The molecule has 2 atom stereocenters. The number of nitrogens with two attached hydrogens (primary N) is 1. The summed E-state index contributed by atoms with van der Waals surface area (Å²) < 4.78 is 2.67. The van der Waals surface area contributed by atoms with Crippen LogP contribution < -0.4 is 16.4 Å². The number of halogens is 1. The van der Waals surface area contributed by atoms with Crippen LogP contribution in [0.1, 0.15) is 77.1 Å². The molecule has 2 heterocycles. The molecule has 1 amide bonds. The van der Waals surface area contributed by atoms with Gasteiger partial charge in [0.1, 0.15) is 11.8 Å². The molecule has 0 aliphatic heterocycles. The number of aromatic nitrogens is 4. The standard InChI is InChI=1S/C32H29BrN8O/c1-2-27(19-7-4-3-5-8-19)38-29-22(16-34)17-36-31-25(29)14-23(15-26(31)33)37-30(20-9-6-10-21(13-20)32(35)42)28-18-41(40-39-28)24-11-12-24/h3-10,13-15,17-18,24,27,30,37H,2,11-12H2,1H3,(H2,35,42)(H,36,38). The number of hydrogen-bond donors (Lipinski definition) is 3. The normalized spacial score (nSPS) is 14.2.